The molecule has 1 saturated heterocycles. The molecular weight excluding hydrogens is 266 g/mol. The van der Waals surface area contributed by atoms with E-state index in [1.54, 1.807) is 0 Å². The summed E-state index contributed by atoms with van der Waals surface area (Å²) in [4.78, 5) is 14.8. The zero-order valence-corrected chi connectivity index (χ0v) is 13.5. The molecule has 0 bridgehead atoms. The second-order valence-corrected chi connectivity index (χ2v) is 6.33. The van der Waals surface area contributed by atoms with E-state index in [0.29, 0.717) is 12.6 Å². The number of carbonyl (C=O) groups is 1. The highest BCUT2D eigenvalue weighted by atomic mass is 16.5. The van der Waals surface area contributed by atoms with Gasteiger partial charge < -0.3 is 9.47 Å². The van der Waals surface area contributed by atoms with E-state index in [2.05, 4.69) is 4.90 Å². The summed E-state index contributed by atoms with van der Waals surface area (Å²) in [7, 11) is 0. The van der Waals surface area contributed by atoms with Crippen LogP contribution in [0.4, 0.5) is 0 Å². The molecule has 0 spiro atoms. The van der Waals surface area contributed by atoms with Crippen molar-refractivity contribution in [3.63, 3.8) is 0 Å². The lowest BCUT2D eigenvalue weighted by Gasteiger charge is -2.36. The van der Waals surface area contributed by atoms with Crippen LogP contribution in [-0.4, -0.2) is 49.8 Å². The summed E-state index contributed by atoms with van der Waals surface area (Å²) in [5, 5.41) is 0. The highest BCUT2D eigenvalue weighted by molar-refractivity contribution is 5.72. The van der Waals surface area contributed by atoms with Crippen LogP contribution in [-0.2, 0) is 14.3 Å². The number of carbonyl (C=O) groups excluding carboxylic acids is 1. The number of ether oxygens (including phenoxy) is 2. The first kappa shape index (κ1) is 16.8. The van der Waals surface area contributed by atoms with Crippen LogP contribution in [0.25, 0.3) is 0 Å². The van der Waals surface area contributed by atoms with Crippen LogP contribution in [0.1, 0.15) is 58.3 Å². The van der Waals surface area contributed by atoms with Crippen molar-refractivity contribution in [1.29, 1.82) is 0 Å². The van der Waals surface area contributed by atoms with Gasteiger partial charge in [-0.25, -0.2) is 0 Å². The molecule has 0 N–H and O–H groups in total. The lowest BCUT2D eigenvalue weighted by Crippen LogP contribution is -2.45. The summed E-state index contributed by atoms with van der Waals surface area (Å²) < 4.78 is 10.8. The van der Waals surface area contributed by atoms with Crippen molar-refractivity contribution in [2.24, 2.45) is 5.92 Å². The minimum atomic E-state index is 0.0244. The molecule has 2 unspecified atom stereocenters. The van der Waals surface area contributed by atoms with E-state index in [1.807, 2.05) is 6.92 Å². The Bertz CT molecular complexity index is 302. The van der Waals surface area contributed by atoms with Gasteiger partial charge in [0.05, 0.1) is 25.7 Å². The van der Waals surface area contributed by atoms with Gasteiger partial charge in [0.15, 0.2) is 0 Å². The quantitative estimate of drug-likeness (QED) is 0.751. The second-order valence-electron chi connectivity index (χ2n) is 6.33. The molecule has 1 saturated carbocycles. The molecule has 21 heavy (non-hydrogen) atoms. The second kappa shape index (κ2) is 9.42. The smallest absolute Gasteiger partial charge is 0.308 e. The van der Waals surface area contributed by atoms with E-state index in [4.69, 9.17) is 9.47 Å². The first-order chi connectivity index (χ1) is 10.3. The molecule has 1 heterocycles. The minimum absolute atomic E-state index is 0.0244. The predicted molar refractivity (Wildman–Crippen MR) is 83.2 cm³/mol. The monoisotopic (exact) mass is 297 g/mol. The number of rotatable bonds is 3. The Balaban J connectivity index is 1.98. The molecule has 1 aliphatic carbocycles. The van der Waals surface area contributed by atoms with E-state index < -0.39 is 0 Å². The molecule has 0 aromatic heterocycles. The standard InChI is InChI=1S/C17H31NO3/c1-2-21-17(19)15-8-6-4-3-5-7-9-16(14-15)18-10-12-20-13-11-18/h15-16H,2-14H2,1H3. The Hall–Kier alpha value is -0.610. The first-order valence-corrected chi connectivity index (χ1v) is 8.79. The topological polar surface area (TPSA) is 38.8 Å². The predicted octanol–water partition coefficient (Wildman–Crippen LogP) is 3.00. The Kier molecular flexibility index (Phi) is 7.51. The van der Waals surface area contributed by atoms with Crippen molar-refractivity contribution in [3.8, 4) is 0 Å². The summed E-state index contributed by atoms with van der Waals surface area (Å²) in [5.41, 5.74) is 0. The molecular formula is C17H31NO3. The molecule has 0 aromatic rings. The van der Waals surface area contributed by atoms with Crippen LogP contribution >= 0.6 is 0 Å². The van der Waals surface area contributed by atoms with Gasteiger partial charge in [0.2, 0.25) is 0 Å². The highest BCUT2D eigenvalue weighted by Gasteiger charge is 2.28. The fourth-order valence-corrected chi connectivity index (χ4v) is 3.61. The van der Waals surface area contributed by atoms with Gasteiger partial charge in [0.1, 0.15) is 0 Å². The SMILES string of the molecule is CCOC(=O)C1CCCCCCCC(N2CCOCC2)C1. The molecule has 0 radical (unpaired) electrons. The molecule has 0 aromatic carbocycles. The van der Waals surface area contributed by atoms with E-state index >= 15 is 0 Å². The van der Waals surface area contributed by atoms with Gasteiger partial charge in [-0.15, -0.1) is 0 Å². The van der Waals surface area contributed by atoms with Crippen LogP contribution in [0, 0.1) is 5.92 Å². The molecule has 1 aliphatic heterocycles. The fourth-order valence-electron chi connectivity index (χ4n) is 3.61. The molecule has 2 aliphatic rings. The lowest BCUT2D eigenvalue weighted by molar-refractivity contribution is -0.149. The van der Waals surface area contributed by atoms with Crippen LogP contribution in [0.15, 0.2) is 0 Å². The molecule has 2 atom stereocenters. The Labute approximate surface area is 129 Å². The minimum Gasteiger partial charge on any atom is -0.466 e. The van der Waals surface area contributed by atoms with Gasteiger partial charge in [0, 0.05) is 19.1 Å². The fraction of sp³-hybridized carbons (Fsp3) is 0.941. The van der Waals surface area contributed by atoms with Gasteiger partial charge in [-0.05, 0) is 26.2 Å². The molecule has 122 valence electrons. The maximum Gasteiger partial charge on any atom is 0.308 e. The van der Waals surface area contributed by atoms with Crippen LogP contribution < -0.4 is 0 Å². The number of hydrogen-bond acceptors (Lipinski definition) is 4. The van der Waals surface area contributed by atoms with Crippen molar-refractivity contribution >= 4 is 5.97 Å². The average molecular weight is 297 g/mol. The third kappa shape index (κ3) is 5.59. The molecule has 2 fully saturated rings. The number of hydrogen-bond donors (Lipinski definition) is 0. The third-order valence-electron chi connectivity index (χ3n) is 4.83. The molecule has 4 heteroatoms. The van der Waals surface area contributed by atoms with Crippen LogP contribution in [0.2, 0.25) is 0 Å². The van der Waals surface area contributed by atoms with Crippen molar-refractivity contribution < 1.29 is 14.3 Å². The Morgan fingerprint density at radius 2 is 1.76 bits per heavy atom. The molecule has 2 rings (SSSR count). The summed E-state index contributed by atoms with van der Waals surface area (Å²) >= 11 is 0. The third-order valence-corrected chi connectivity index (χ3v) is 4.83. The summed E-state index contributed by atoms with van der Waals surface area (Å²) in [6.45, 7) is 6.09. The molecule has 4 nitrogen and oxygen atoms in total. The Morgan fingerprint density at radius 1 is 1.10 bits per heavy atom. The van der Waals surface area contributed by atoms with Gasteiger partial charge in [-0.1, -0.05) is 32.1 Å². The van der Waals surface area contributed by atoms with Crippen LogP contribution in [0.3, 0.4) is 0 Å². The van der Waals surface area contributed by atoms with Crippen molar-refractivity contribution in [1.82, 2.24) is 4.90 Å². The molecule has 0 amide bonds. The van der Waals surface area contributed by atoms with Gasteiger partial charge in [0.25, 0.3) is 0 Å². The summed E-state index contributed by atoms with van der Waals surface area (Å²) in [6.07, 6.45) is 9.56. The number of morpholine rings is 1. The number of nitrogens with zero attached hydrogens (tertiary/aromatic N) is 1. The normalized spacial score (nSPS) is 29.8. The summed E-state index contributed by atoms with van der Waals surface area (Å²) in [6, 6.07) is 0.529. The van der Waals surface area contributed by atoms with Gasteiger partial charge in [-0.3, -0.25) is 9.69 Å². The largest absolute Gasteiger partial charge is 0.466 e. The van der Waals surface area contributed by atoms with Crippen LogP contribution in [0.5, 0.6) is 0 Å². The maximum absolute atomic E-state index is 12.2. The first-order valence-electron chi connectivity index (χ1n) is 8.79. The number of esters is 1. The maximum atomic E-state index is 12.2. The summed E-state index contributed by atoms with van der Waals surface area (Å²) in [5.74, 6) is 0.118. The van der Waals surface area contributed by atoms with Crippen molar-refractivity contribution in [2.45, 2.75) is 64.3 Å². The van der Waals surface area contributed by atoms with Crippen molar-refractivity contribution in [2.75, 3.05) is 32.9 Å². The zero-order valence-electron chi connectivity index (χ0n) is 13.5. The van der Waals surface area contributed by atoms with E-state index in [9.17, 15) is 4.79 Å². The highest BCUT2D eigenvalue weighted by Crippen LogP contribution is 2.26. The van der Waals surface area contributed by atoms with E-state index in [-0.39, 0.29) is 11.9 Å². The Morgan fingerprint density at radius 3 is 2.48 bits per heavy atom. The average Bonchev–Trinajstić information content (AvgIpc) is 2.53. The zero-order chi connectivity index (χ0) is 14.9. The van der Waals surface area contributed by atoms with Gasteiger partial charge >= 0.3 is 5.97 Å². The van der Waals surface area contributed by atoms with Crippen molar-refractivity contribution in [3.05, 3.63) is 0 Å². The van der Waals surface area contributed by atoms with Gasteiger partial charge in [-0.2, -0.15) is 0 Å². The lowest BCUT2D eigenvalue weighted by atomic mass is 9.88. The van der Waals surface area contributed by atoms with E-state index in [1.165, 1.54) is 38.5 Å². The van der Waals surface area contributed by atoms with E-state index in [0.717, 1.165) is 39.1 Å².